The summed E-state index contributed by atoms with van der Waals surface area (Å²) in [6.45, 7) is 0. The number of thiophene rings is 1. The maximum Gasteiger partial charge on any atom is 0.272 e. The van der Waals surface area contributed by atoms with Crippen molar-refractivity contribution in [2.45, 2.75) is 6.04 Å². The van der Waals surface area contributed by atoms with Gasteiger partial charge in [-0.3, -0.25) is 14.4 Å². The van der Waals surface area contributed by atoms with Crippen LogP contribution in [-0.2, 0) is 4.79 Å². The van der Waals surface area contributed by atoms with Gasteiger partial charge >= 0.3 is 0 Å². The standard InChI is InChI=1S/C22H17N5O3S/c28-20(14-7-2-1-3-8-14)24-19(22(30)26-23-13-15-9-6-12-31-15)18-16-10-4-5-11-17(16)21(29)27-25-18/h1-13,19H,(H,24,28)(H,26,30)(H,27,29)/b23-13-/t19-/m1/s1. The van der Waals surface area contributed by atoms with Crippen LogP contribution in [0.1, 0.15) is 27.0 Å². The Hall–Kier alpha value is -4.11. The number of nitrogens with one attached hydrogen (secondary N) is 3. The van der Waals surface area contributed by atoms with Crippen molar-refractivity contribution >= 4 is 40.1 Å². The van der Waals surface area contributed by atoms with Crippen LogP contribution in [-0.4, -0.2) is 28.2 Å². The minimum Gasteiger partial charge on any atom is -0.335 e. The summed E-state index contributed by atoms with van der Waals surface area (Å²) in [7, 11) is 0. The van der Waals surface area contributed by atoms with Crippen LogP contribution < -0.4 is 16.3 Å². The minimum atomic E-state index is -1.19. The normalized spacial score (nSPS) is 12.0. The Balaban J connectivity index is 1.69. The predicted molar refractivity (Wildman–Crippen MR) is 119 cm³/mol. The molecule has 0 aliphatic rings. The van der Waals surface area contributed by atoms with Gasteiger partial charge in [0, 0.05) is 15.8 Å². The topological polar surface area (TPSA) is 116 Å². The van der Waals surface area contributed by atoms with Gasteiger partial charge in [0.05, 0.1) is 11.6 Å². The molecule has 8 nitrogen and oxygen atoms in total. The van der Waals surface area contributed by atoms with E-state index in [1.165, 1.54) is 17.6 Å². The highest BCUT2D eigenvalue weighted by Crippen LogP contribution is 2.20. The number of hydrogen-bond acceptors (Lipinski definition) is 6. The van der Waals surface area contributed by atoms with Gasteiger partial charge in [-0.1, -0.05) is 42.5 Å². The molecule has 0 aliphatic heterocycles. The highest BCUT2D eigenvalue weighted by Gasteiger charge is 2.27. The summed E-state index contributed by atoms with van der Waals surface area (Å²) in [5.41, 5.74) is 2.66. The van der Waals surface area contributed by atoms with Crippen molar-refractivity contribution in [2.75, 3.05) is 0 Å². The first-order valence-electron chi connectivity index (χ1n) is 9.33. The van der Waals surface area contributed by atoms with Crippen molar-refractivity contribution in [2.24, 2.45) is 5.10 Å². The van der Waals surface area contributed by atoms with Crippen molar-refractivity contribution in [1.82, 2.24) is 20.9 Å². The third-order valence-corrected chi connectivity index (χ3v) is 5.29. The third kappa shape index (κ3) is 4.57. The molecule has 4 rings (SSSR count). The summed E-state index contributed by atoms with van der Waals surface area (Å²) >= 11 is 1.47. The Morgan fingerprint density at radius 2 is 1.74 bits per heavy atom. The lowest BCUT2D eigenvalue weighted by molar-refractivity contribution is -0.123. The smallest absolute Gasteiger partial charge is 0.272 e. The Bertz CT molecular complexity index is 1300. The maximum atomic E-state index is 13.0. The number of rotatable bonds is 6. The van der Waals surface area contributed by atoms with Gasteiger partial charge in [0.2, 0.25) is 0 Å². The summed E-state index contributed by atoms with van der Waals surface area (Å²) < 4.78 is 0. The average molecular weight is 431 g/mol. The molecule has 31 heavy (non-hydrogen) atoms. The maximum absolute atomic E-state index is 13.0. The fraction of sp³-hybridized carbons (Fsp3) is 0.0455. The van der Waals surface area contributed by atoms with Gasteiger partial charge in [0.1, 0.15) is 5.69 Å². The molecule has 0 spiro atoms. The van der Waals surface area contributed by atoms with Gasteiger partial charge in [-0.05, 0) is 29.6 Å². The van der Waals surface area contributed by atoms with Crippen LogP contribution in [0.2, 0.25) is 0 Å². The zero-order valence-corrected chi connectivity index (χ0v) is 16.9. The molecule has 3 N–H and O–H groups in total. The minimum absolute atomic E-state index is 0.211. The number of hydrogen-bond donors (Lipinski definition) is 3. The number of aromatic nitrogens is 2. The zero-order valence-electron chi connectivity index (χ0n) is 16.1. The van der Waals surface area contributed by atoms with E-state index in [0.29, 0.717) is 16.3 Å². The van der Waals surface area contributed by atoms with Gasteiger partial charge in [0.25, 0.3) is 17.4 Å². The molecule has 2 amide bonds. The molecule has 0 saturated carbocycles. The lowest BCUT2D eigenvalue weighted by atomic mass is 10.0. The monoisotopic (exact) mass is 431 g/mol. The number of carbonyl (C=O) groups excluding carboxylic acids is 2. The number of benzene rings is 2. The molecule has 2 heterocycles. The van der Waals surface area contributed by atoms with E-state index < -0.39 is 17.9 Å². The Morgan fingerprint density at radius 1 is 1.00 bits per heavy atom. The predicted octanol–water partition coefficient (Wildman–Crippen LogP) is 2.61. The van der Waals surface area contributed by atoms with Crippen LogP contribution in [0.25, 0.3) is 10.8 Å². The molecule has 154 valence electrons. The number of H-pyrrole nitrogens is 1. The largest absolute Gasteiger partial charge is 0.335 e. The Morgan fingerprint density at radius 3 is 2.48 bits per heavy atom. The molecule has 4 aromatic rings. The molecule has 0 bridgehead atoms. The van der Waals surface area contributed by atoms with E-state index in [-0.39, 0.29) is 11.3 Å². The van der Waals surface area contributed by atoms with Gasteiger partial charge in [0.15, 0.2) is 6.04 Å². The van der Waals surface area contributed by atoms with Gasteiger partial charge in [-0.15, -0.1) is 11.3 Å². The van der Waals surface area contributed by atoms with Crippen molar-refractivity contribution in [3.05, 3.63) is 98.6 Å². The van der Waals surface area contributed by atoms with Crippen LogP contribution in [0.15, 0.2) is 82.0 Å². The van der Waals surface area contributed by atoms with Gasteiger partial charge < -0.3 is 5.32 Å². The van der Waals surface area contributed by atoms with E-state index in [1.54, 1.807) is 54.6 Å². The van der Waals surface area contributed by atoms with E-state index in [2.05, 4.69) is 26.0 Å². The molecule has 2 aromatic carbocycles. The number of carbonyl (C=O) groups is 2. The van der Waals surface area contributed by atoms with Crippen molar-refractivity contribution < 1.29 is 9.59 Å². The number of aromatic amines is 1. The molecule has 0 unspecified atom stereocenters. The first-order chi connectivity index (χ1) is 15.1. The summed E-state index contributed by atoms with van der Waals surface area (Å²) in [6.07, 6.45) is 1.51. The second-order valence-electron chi connectivity index (χ2n) is 6.51. The van der Waals surface area contributed by atoms with E-state index in [0.717, 1.165) is 4.88 Å². The molecule has 1 atom stereocenters. The van der Waals surface area contributed by atoms with Crippen LogP contribution in [0.5, 0.6) is 0 Å². The lowest BCUT2D eigenvalue weighted by Crippen LogP contribution is -2.40. The molecule has 0 saturated heterocycles. The van der Waals surface area contributed by atoms with Crippen LogP contribution in [0.4, 0.5) is 0 Å². The summed E-state index contributed by atoms with van der Waals surface area (Å²) in [5, 5.41) is 15.9. The lowest BCUT2D eigenvalue weighted by Gasteiger charge is -2.18. The number of fused-ring (bicyclic) bond motifs is 1. The van der Waals surface area contributed by atoms with Gasteiger partial charge in [-0.2, -0.15) is 10.2 Å². The molecule has 0 fully saturated rings. The highest BCUT2D eigenvalue weighted by atomic mass is 32.1. The second-order valence-corrected chi connectivity index (χ2v) is 7.48. The SMILES string of the molecule is O=C(N[C@@H](C(=O)N/N=C\c1cccs1)c1n[nH]c(=O)c2ccccc12)c1ccccc1. The Labute approximate surface area is 180 Å². The van der Waals surface area contributed by atoms with Crippen LogP contribution >= 0.6 is 11.3 Å². The van der Waals surface area contributed by atoms with E-state index in [1.807, 2.05) is 17.5 Å². The molecule has 9 heteroatoms. The van der Waals surface area contributed by atoms with E-state index in [4.69, 9.17) is 0 Å². The highest BCUT2D eigenvalue weighted by molar-refractivity contribution is 7.11. The first kappa shape index (κ1) is 20.2. The van der Waals surface area contributed by atoms with Crippen molar-refractivity contribution in [3.8, 4) is 0 Å². The third-order valence-electron chi connectivity index (χ3n) is 4.48. The quantitative estimate of drug-likeness (QED) is 0.321. The fourth-order valence-electron chi connectivity index (χ4n) is 3.01. The molecule has 0 aliphatic carbocycles. The summed E-state index contributed by atoms with van der Waals surface area (Å²) in [5.74, 6) is -1.05. The number of nitrogens with zero attached hydrogens (tertiary/aromatic N) is 2. The molecular weight excluding hydrogens is 414 g/mol. The first-order valence-corrected chi connectivity index (χ1v) is 10.2. The van der Waals surface area contributed by atoms with Crippen molar-refractivity contribution in [3.63, 3.8) is 0 Å². The molecule has 0 radical (unpaired) electrons. The van der Waals surface area contributed by atoms with Crippen molar-refractivity contribution in [1.29, 1.82) is 0 Å². The van der Waals surface area contributed by atoms with Crippen LogP contribution in [0, 0.1) is 0 Å². The van der Waals surface area contributed by atoms with Gasteiger partial charge in [-0.25, -0.2) is 10.5 Å². The number of amides is 2. The van der Waals surface area contributed by atoms with Crippen LogP contribution in [0.3, 0.4) is 0 Å². The molecule has 2 aromatic heterocycles. The summed E-state index contributed by atoms with van der Waals surface area (Å²) in [6, 6.07) is 17.8. The fourth-order valence-corrected chi connectivity index (χ4v) is 3.59. The number of hydrazone groups is 1. The Kier molecular flexibility index (Phi) is 5.95. The second kappa shape index (κ2) is 9.14. The summed E-state index contributed by atoms with van der Waals surface area (Å²) in [4.78, 5) is 38.8. The van der Waals surface area contributed by atoms with E-state index in [9.17, 15) is 14.4 Å². The zero-order chi connectivity index (χ0) is 21.6. The van der Waals surface area contributed by atoms with E-state index >= 15 is 0 Å². The average Bonchev–Trinajstić information content (AvgIpc) is 3.32. The molecular formula is C22H17N5O3S.